The maximum atomic E-state index is 9.55. The van der Waals surface area contributed by atoms with Crippen molar-refractivity contribution < 1.29 is 0 Å². The third-order valence-electron chi connectivity index (χ3n) is 5.69. The fraction of sp³-hybridized carbons (Fsp3) is 0.391. The summed E-state index contributed by atoms with van der Waals surface area (Å²) < 4.78 is 2.40. The maximum absolute atomic E-state index is 9.55. The van der Waals surface area contributed by atoms with E-state index in [1.54, 1.807) is 0 Å². The van der Waals surface area contributed by atoms with Crippen LogP contribution in [0.25, 0.3) is 10.9 Å². The molecule has 0 unspecified atom stereocenters. The van der Waals surface area contributed by atoms with Crippen molar-refractivity contribution in [1.82, 2.24) is 9.55 Å². The van der Waals surface area contributed by atoms with Crippen molar-refractivity contribution in [3.63, 3.8) is 0 Å². The van der Waals surface area contributed by atoms with E-state index in [0.29, 0.717) is 11.6 Å². The molecule has 0 amide bonds. The van der Waals surface area contributed by atoms with Crippen molar-refractivity contribution in [2.24, 2.45) is 5.92 Å². The lowest BCUT2D eigenvalue weighted by atomic mass is 10.00. The molecule has 2 aromatic heterocycles. The predicted octanol–water partition coefficient (Wildman–Crippen LogP) is 4.74. The van der Waals surface area contributed by atoms with E-state index in [2.05, 4.69) is 67.5 Å². The number of hydrogen-bond donors (Lipinski definition) is 0. The van der Waals surface area contributed by atoms with Gasteiger partial charge in [0.2, 0.25) is 0 Å². The monoisotopic (exact) mass is 358 g/mol. The first-order valence-electron chi connectivity index (χ1n) is 9.72. The van der Waals surface area contributed by atoms with E-state index < -0.39 is 0 Å². The summed E-state index contributed by atoms with van der Waals surface area (Å²) in [6.07, 6.45) is 1.01. The number of anilines is 1. The summed E-state index contributed by atoms with van der Waals surface area (Å²) >= 11 is 0. The van der Waals surface area contributed by atoms with Crippen LogP contribution in [0, 0.1) is 31.1 Å². The van der Waals surface area contributed by atoms with Gasteiger partial charge in [0.25, 0.3) is 0 Å². The lowest BCUT2D eigenvalue weighted by Gasteiger charge is -2.31. The fourth-order valence-electron chi connectivity index (χ4n) is 4.19. The molecule has 0 atom stereocenters. The standard InChI is InChI=1S/C23H26N4/c1-15(2)13-27-17(4)16(3)21-11-20(12-24)25-23(22(21)27)26-10-9-18-7-5-6-8-19(18)14-26/h5-8,11,15H,9-10,13-14H2,1-4H3. The molecule has 138 valence electrons. The zero-order chi connectivity index (χ0) is 19.1. The first-order chi connectivity index (χ1) is 13.0. The molecule has 0 radical (unpaired) electrons. The second-order valence-electron chi connectivity index (χ2n) is 7.99. The third-order valence-corrected chi connectivity index (χ3v) is 5.69. The molecule has 3 heterocycles. The van der Waals surface area contributed by atoms with Crippen molar-refractivity contribution in [1.29, 1.82) is 5.26 Å². The SMILES string of the molecule is Cc1c(C)n(CC(C)C)c2c(N3CCc4ccccc4C3)nc(C#N)cc12. The summed E-state index contributed by atoms with van der Waals surface area (Å²) in [5.41, 5.74) is 6.98. The smallest absolute Gasteiger partial charge is 0.155 e. The first-order valence-corrected chi connectivity index (χ1v) is 9.72. The van der Waals surface area contributed by atoms with Crippen LogP contribution >= 0.6 is 0 Å². The van der Waals surface area contributed by atoms with Crippen LogP contribution in [0.15, 0.2) is 30.3 Å². The molecule has 0 fully saturated rings. The normalized spacial score (nSPS) is 13.9. The van der Waals surface area contributed by atoms with Gasteiger partial charge in [-0.1, -0.05) is 38.1 Å². The molecule has 0 N–H and O–H groups in total. The number of nitrogens with zero attached hydrogens (tertiary/aromatic N) is 4. The molecule has 1 aliphatic heterocycles. The van der Waals surface area contributed by atoms with Gasteiger partial charge in [-0.2, -0.15) is 5.26 Å². The van der Waals surface area contributed by atoms with Crippen LogP contribution in [0.1, 0.15) is 41.9 Å². The summed E-state index contributed by atoms with van der Waals surface area (Å²) in [6, 6.07) is 12.9. The van der Waals surface area contributed by atoms with Crippen molar-refractivity contribution >= 4 is 16.7 Å². The van der Waals surface area contributed by atoms with Crippen LogP contribution in [-0.4, -0.2) is 16.1 Å². The highest BCUT2D eigenvalue weighted by Crippen LogP contribution is 2.35. The van der Waals surface area contributed by atoms with Gasteiger partial charge in [0.15, 0.2) is 5.82 Å². The molecule has 4 heteroatoms. The van der Waals surface area contributed by atoms with Gasteiger partial charge in [0, 0.05) is 30.7 Å². The Hall–Kier alpha value is -2.80. The Labute approximate surface area is 161 Å². The van der Waals surface area contributed by atoms with Gasteiger partial charge < -0.3 is 9.47 Å². The highest BCUT2D eigenvalue weighted by Gasteiger charge is 2.24. The van der Waals surface area contributed by atoms with Crippen LogP contribution in [0.4, 0.5) is 5.82 Å². The van der Waals surface area contributed by atoms with E-state index in [1.165, 1.54) is 27.9 Å². The molecule has 0 saturated heterocycles. The van der Waals surface area contributed by atoms with Crippen LogP contribution < -0.4 is 4.90 Å². The summed E-state index contributed by atoms with van der Waals surface area (Å²) in [7, 11) is 0. The average molecular weight is 358 g/mol. The maximum Gasteiger partial charge on any atom is 0.155 e. The molecule has 0 spiro atoms. The number of benzene rings is 1. The second kappa shape index (κ2) is 6.74. The van der Waals surface area contributed by atoms with Crippen molar-refractivity contribution in [3.05, 3.63) is 58.4 Å². The highest BCUT2D eigenvalue weighted by molar-refractivity contribution is 5.94. The van der Waals surface area contributed by atoms with Gasteiger partial charge in [0.1, 0.15) is 11.8 Å². The molecular weight excluding hydrogens is 332 g/mol. The fourth-order valence-corrected chi connectivity index (χ4v) is 4.19. The van der Waals surface area contributed by atoms with E-state index in [4.69, 9.17) is 4.98 Å². The number of aryl methyl sites for hydroxylation is 1. The number of hydrogen-bond acceptors (Lipinski definition) is 3. The molecule has 4 rings (SSSR count). The first kappa shape index (κ1) is 17.6. The van der Waals surface area contributed by atoms with Crippen LogP contribution in [-0.2, 0) is 19.5 Å². The zero-order valence-electron chi connectivity index (χ0n) is 16.6. The van der Waals surface area contributed by atoms with Crippen LogP contribution in [0.3, 0.4) is 0 Å². The molecule has 1 aliphatic rings. The minimum Gasteiger partial charge on any atom is -0.350 e. The average Bonchev–Trinajstić information content (AvgIpc) is 2.91. The van der Waals surface area contributed by atoms with E-state index in [-0.39, 0.29) is 0 Å². The molecule has 1 aromatic carbocycles. The number of nitriles is 1. The molecular formula is C23H26N4. The van der Waals surface area contributed by atoms with Crippen molar-refractivity contribution in [3.8, 4) is 6.07 Å². The van der Waals surface area contributed by atoms with Gasteiger partial charge >= 0.3 is 0 Å². The lowest BCUT2D eigenvalue weighted by molar-refractivity contribution is 0.526. The van der Waals surface area contributed by atoms with Crippen molar-refractivity contribution in [2.45, 2.75) is 47.2 Å². The Kier molecular flexibility index (Phi) is 4.39. The van der Waals surface area contributed by atoms with Gasteiger partial charge in [-0.3, -0.25) is 0 Å². The van der Waals surface area contributed by atoms with Crippen LogP contribution in [0.5, 0.6) is 0 Å². The Morgan fingerprint density at radius 1 is 1.19 bits per heavy atom. The number of fused-ring (bicyclic) bond motifs is 2. The zero-order valence-corrected chi connectivity index (χ0v) is 16.6. The summed E-state index contributed by atoms with van der Waals surface area (Å²) in [6.45, 7) is 11.6. The van der Waals surface area contributed by atoms with Crippen molar-refractivity contribution in [2.75, 3.05) is 11.4 Å². The molecule has 0 bridgehead atoms. The minimum absolute atomic E-state index is 0.501. The highest BCUT2D eigenvalue weighted by atomic mass is 15.2. The summed E-state index contributed by atoms with van der Waals surface area (Å²) in [5.74, 6) is 1.50. The topological polar surface area (TPSA) is 44.9 Å². The second-order valence-corrected chi connectivity index (χ2v) is 7.99. The Bertz CT molecular complexity index is 1050. The number of rotatable bonds is 3. The Morgan fingerprint density at radius 3 is 2.63 bits per heavy atom. The summed E-state index contributed by atoms with van der Waals surface area (Å²) in [5, 5.41) is 10.7. The molecule has 0 aliphatic carbocycles. The van der Waals surface area contributed by atoms with Crippen LogP contribution in [0.2, 0.25) is 0 Å². The van der Waals surface area contributed by atoms with E-state index >= 15 is 0 Å². The quantitative estimate of drug-likeness (QED) is 0.679. The Balaban J connectivity index is 1.92. The largest absolute Gasteiger partial charge is 0.350 e. The van der Waals surface area contributed by atoms with E-state index in [1.807, 2.05) is 6.07 Å². The summed E-state index contributed by atoms with van der Waals surface area (Å²) in [4.78, 5) is 7.13. The van der Waals surface area contributed by atoms with E-state index in [0.717, 1.165) is 37.3 Å². The molecule has 0 saturated carbocycles. The predicted molar refractivity (Wildman–Crippen MR) is 110 cm³/mol. The van der Waals surface area contributed by atoms with Gasteiger partial charge in [-0.05, 0) is 48.9 Å². The molecule has 3 aromatic rings. The third kappa shape index (κ3) is 2.98. The molecule has 27 heavy (non-hydrogen) atoms. The van der Waals surface area contributed by atoms with Gasteiger partial charge in [0.05, 0.1) is 5.52 Å². The number of pyridine rings is 1. The lowest BCUT2D eigenvalue weighted by Crippen LogP contribution is -2.31. The number of aromatic nitrogens is 2. The minimum atomic E-state index is 0.501. The van der Waals surface area contributed by atoms with Gasteiger partial charge in [-0.25, -0.2) is 4.98 Å². The van der Waals surface area contributed by atoms with Gasteiger partial charge in [-0.15, -0.1) is 0 Å². The Morgan fingerprint density at radius 2 is 1.93 bits per heavy atom. The van der Waals surface area contributed by atoms with E-state index in [9.17, 15) is 5.26 Å². The molecule has 4 nitrogen and oxygen atoms in total.